The standard InChI is InChI=1S/C17H17N5O2/c23-17-20-15-14(5-2-6-18-15)16(21-17)19-12-3-1-4-13(11-12)22-7-9-24-10-8-22/h1-6,11H,7-10H2,(H2,18,19,20,21,23). The number of nitrogens with one attached hydrogen (secondary N) is 2. The number of anilines is 3. The van der Waals surface area contributed by atoms with Crippen LogP contribution in [0.1, 0.15) is 0 Å². The van der Waals surface area contributed by atoms with Gasteiger partial charge in [0, 0.05) is 30.7 Å². The van der Waals surface area contributed by atoms with Crippen LogP contribution >= 0.6 is 0 Å². The molecule has 3 heterocycles. The number of ether oxygens (including phenoxy) is 1. The molecule has 1 saturated heterocycles. The van der Waals surface area contributed by atoms with Crippen molar-refractivity contribution in [2.75, 3.05) is 36.5 Å². The second kappa shape index (κ2) is 6.29. The van der Waals surface area contributed by atoms with Gasteiger partial charge < -0.3 is 15.0 Å². The lowest BCUT2D eigenvalue weighted by Gasteiger charge is -2.29. The smallest absolute Gasteiger partial charge is 0.348 e. The van der Waals surface area contributed by atoms with Crippen LogP contribution in [0, 0.1) is 0 Å². The summed E-state index contributed by atoms with van der Waals surface area (Å²) < 4.78 is 5.40. The van der Waals surface area contributed by atoms with Crippen molar-refractivity contribution in [3.05, 3.63) is 53.1 Å². The van der Waals surface area contributed by atoms with Crippen molar-refractivity contribution in [1.82, 2.24) is 15.0 Å². The number of H-pyrrole nitrogens is 1. The second-order valence-corrected chi connectivity index (χ2v) is 5.57. The third-order valence-corrected chi connectivity index (χ3v) is 3.99. The van der Waals surface area contributed by atoms with Gasteiger partial charge in [-0.2, -0.15) is 4.98 Å². The Morgan fingerprint density at radius 2 is 2.04 bits per heavy atom. The van der Waals surface area contributed by atoms with Gasteiger partial charge in [0.2, 0.25) is 0 Å². The minimum atomic E-state index is -0.423. The highest BCUT2D eigenvalue weighted by molar-refractivity contribution is 5.88. The van der Waals surface area contributed by atoms with Crippen LogP contribution in [0.25, 0.3) is 11.0 Å². The Kier molecular flexibility index (Phi) is 3.84. The zero-order valence-electron chi connectivity index (χ0n) is 13.0. The van der Waals surface area contributed by atoms with E-state index in [2.05, 4.69) is 37.3 Å². The number of pyridine rings is 1. The van der Waals surface area contributed by atoms with E-state index in [1.807, 2.05) is 24.3 Å². The van der Waals surface area contributed by atoms with Crippen LogP contribution in [-0.2, 0) is 4.74 Å². The summed E-state index contributed by atoms with van der Waals surface area (Å²) in [6.45, 7) is 3.24. The molecule has 0 saturated carbocycles. The van der Waals surface area contributed by atoms with E-state index in [1.165, 1.54) is 0 Å². The summed E-state index contributed by atoms with van der Waals surface area (Å²) >= 11 is 0. The third-order valence-electron chi connectivity index (χ3n) is 3.99. The second-order valence-electron chi connectivity index (χ2n) is 5.57. The van der Waals surface area contributed by atoms with Crippen molar-refractivity contribution in [2.45, 2.75) is 0 Å². The molecule has 122 valence electrons. The molecule has 1 aromatic carbocycles. The number of benzene rings is 1. The maximum atomic E-state index is 11.7. The molecule has 0 bridgehead atoms. The Hall–Kier alpha value is -2.93. The molecule has 0 unspecified atom stereocenters. The number of rotatable bonds is 3. The first-order chi connectivity index (χ1) is 11.8. The van der Waals surface area contributed by atoms with Crippen molar-refractivity contribution in [3.63, 3.8) is 0 Å². The van der Waals surface area contributed by atoms with Gasteiger partial charge >= 0.3 is 5.69 Å². The molecule has 24 heavy (non-hydrogen) atoms. The SMILES string of the molecule is O=c1nc2ncccc2c(Nc2cccc(N3CCOCC3)c2)[nH]1. The van der Waals surface area contributed by atoms with Gasteiger partial charge in [-0.15, -0.1) is 0 Å². The van der Waals surface area contributed by atoms with E-state index in [-0.39, 0.29) is 0 Å². The van der Waals surface area contributed by atoms with Crippen molar-refractivity contribution in [1.29, 1.82) is 0 Å². The van der Waals surface area contributed by atoms with Gasteiger partial charge in [0.05, 0.1) is 18.6 Å². The van der Waals surface area contributed by atoms with E-state index in [4.69, 9.17) is 4.74 Å². The third kappa shape index (κ3) is 2.93. The fraction of sp³-hybridized carbons (Fsp3) is 0.235. The summed E-state index contributed by atoms with van der Waals surface area (Å²) in [5.74, 6) is 0.595. The average Bonchev–Trinajstić information content (AvgIpc) is 2.62. The molecular formula is C17H17N5O2. The zero-order chi connectivity index (χ0) is 16.4. The number of hydrogen-bond donors (Lipinski definition) is 2. The fourth-order valence-corrected chi connectivity index (χ4v) is 2.82. The number of hydrogen-bond acceptors (Lipinski definition) is 6. The molecule has 0 aliphatic carbocycles. The summed E-state index contributed by atoms with van der Waals surface area (Å²) in [6, 6.07) is 11.8. The van der Waals surface area contributed by atoms with Crippen LogP contribution < -0.4 is 15.9 Å². The van der Waals surface area contributed by atoms with E-state index in [0.717, 1.165) is 43.1 Å². The van der Waals surface area contributed by atoms with Gasteiger partial charge in [-0.3, -0.25) is 4.98 Å². The Morgan fingerprint density at radius 3 is 2.92 bits per heavy atom. The number of nitrogens with zero attached hydrogens (tertiary/aromatic N) is 3. The minimum Gasteiger partial charge on any atom is -0.378 e. The molecule has 1 aliphatic rings. The summed E-state index contributed by atoms with van der Waals surface area (Å²) in [4.78, 5) is 24.8. The van der Waals surface area contributed by atoms with Gasteiger partial charge in [0.1, 0.15) is 5.82 Å². The maximum absolute atomic E-state index is 11.7. The molecule has 0 atom stereocenters. The number of fused-ring (bicyclic) bond motifs is 1. The summed E-state index contributed by atoms with van der Waals surface area (Å²) in [6.07, 6.45) is 1.62. The van der Waals surface area contributed by atoms with Crippen molar-refractivity contribution >= 4 is 28.2 Å². The van der Waals surface area contributed by atoms with E-state index >= 15 is 0 Å². The van der Waals surface area contributed by atoms with Crippen LogP contribution in [0.15, 0.2) is 47.4 Å². The minimum absolute atomic E-state index is 0.423. The highest BCUT2D eigenvalue weighted by Crippen LogP contribution is 2.25. The summed E-state index contributed by atoms with van der Waals surface area (Å²) in [5, 5.41) is 4.05. The first-order valence-corrected chi connectivity index (χ1v) is 7.84. The van der Waals surface area contributed by atoms with E-state index in [9.17, 15) is 4.79 Å². The lowest BCUT2D eigenvalue weighted by atomic mass is 10.2. The molecule has 2 aromatic heterocycles. The van der Waals surface area contributed by atoms with E-state index < -0.39 is 5.69 Å². The van der Waals surface area contributed by atoms with Gasteiger partial charge in [0.15, 0.2) is 5.65 Å². The molecule has 7 heteroatoms. The zero-order valence-corrected chi connectivity index (χ0v) is 13.0. The highest BCUT2D eigenvalue weighted by Gasteiger charge is 2.12. The molecule has 2 N–H and O–H groups in total. The Morgan fingerprint density at radius 1 is 1.17 bits per heavy atom. The van der Waals surface area contributed by atoms with Crippen LogP contribution in [0.4, 0.5) is 17.2 Å². The quantitative estimate of drug-likeness (QED) is 0.766. The molecule has 0 amide bonds. The van der Waals surface area contributed by atoms with Crippen molar-refractivity contribution in [3.8, 4) is 0 Å². The topological polar surface area (TPSA) is 83.1 Å². The lowest BCUT2D eigenvalue weighted by molar-refractivity contribution is 0.122. The molecule has 0 radical (unpaired) electrons. The lowest BCUT2D eigenvalue weighted by Crippen LogP contribution is -2.36. The highest BCUT2D eigenvalue weighted by atomic mass is 16.5. The molecular weight excluding hydrogens is 306 g/mol. The Labute approximate surface area is 138 Å². The number of aromatic nitrogens is 3. The largest absolute Gasteiger partial charge is 0.378 e. The fourth-order valence-electron chi connectivity index (χ4n) is 2.82. The monoisotopic (exact) mass is 323 g/mol. The molecule has 1 fully saturated rings. The normalized spacial score (nSPS) is 14.8. The maximum Gasteiger partial charge on any atom is 0.348 e. The first-order valence-electron chi connectivity index (χ1n) is 7.84. The van der Waals surface area contributed by atoms with Crippen LogP contribution in [0.2, 0.25) is 0 Å². The Bertz CT molecular complexity index is 918. The van der Waals surface area contributed by atoms with Gasteiger partial charge in [-0.05, 0) is 30.3 Å². The molecule has 0 spiro atoms. The number of morpholine rings is 1. The van der Waals surface area contributed by atoms with E-state index in [0.29, 0.717) is 11.5 Å². The van der Waals surface area contributed by atoms with Crippen LogP contribution in [0.5, 0.6) is 0 Å². The van der Waals surface area contributed by atoms with Gasteiger partial charge in [-0.1, -0.05) is 6.07 Å². The number of aromatic amines is 1. The van der Waals surface area contributed by atoms with Gasteiger partial charge in [0.25, 0.3) is 0 Å². The Balaban J connectivity index is 1.67. The van der Waals surface area contributed by atoms with Crippen LogP contribution in [-0.4, -0.2) is 41.3 Å². The summed E-state index contributed by atoms with van der Waals surface area (Å²) in [5.41, 5.74) is 2.02. The summed E-state index contributed by atoms with van der Waals surface area (Å²) in [7, 11) is 0. The molecule has 7 nitrogen and oxygen atoms in total. The molecule has 4 rings (SSSR count). The van der Waals surface area contributed by atoms with Crippen LogP contribution in [0.3, 0.4) is 0 Å². The molecule has 3 aromatic rings. The van der Waals surface area contributed by atoms with E-state index in [1.54, 1.807) is 6.20 Å². The first kappa shape index (κ1) is 14.6. The van der Waals surface area contributed by atoms with Crippen molar-refractivity contribution < 1.29 is 4.74 Å². The predicted octanol–water partition coefficient (Wildman–Crippen LogP) is 1.90. The molecule has 1 aliphatic heterocycles. The average molecular weight is 323 g/mol. The van der Waals surface area contributed by atoms with Gasteiger partial charge in [-0.25, -0.2) is 9.78 Å². The predicted molar refractivity (Wildman–Crippen MR) is 92.9 cm³/mol. The van der Waals surface area contributed by atoms with Crippen molar-refractivity contribution in [2.24, 2.45) is 0 Å².